The van der Waals surface area contributed by atoms with E-state index in [1.807, 2.05) is 31.3 Å². The molecular formula is C25H22N6O3. The van der Waals surface area contributed by atoms with Gasteiger partial charge in [0.1, 0.15) is 17.1 Å². The van der Waals surface area contributed by atoms with Crippen LogP contribution in [0, 0.1) is 18.3 Å². The largest absolute Gasteiger partial charge is 0.496 e. The number of carbonyl (C=O) groups is 1. The molecule has 2 N–H and O–H groups in total. The molecule has 2 aromatic carbocycles. The second-order valence-corrected chi connectivity index (χ2v) is 7.30. The van der Waals surface area contributed by atoms with Crippen molar-refractivity contribution in [3.05, 3.63) is 71.7 Å². The van der Waals surface area contributed by atoms with Crippen molar-refractivity contribution in [2.45, 2.75) is 13.8 Å². The maximum Gasteiger partial charge on any atom is 0.341 e. The van der Waals surface area contributed by atoms with Crippen LogP contribution in [0.3, 0.4) is 0 Å². The van der Waals surface area contributed by atoms with E-state index in [-0.39, 0.29) is 18.1 Å². The van der Waals surface area contributed by atoms with Gasteiger partial charge < -0.3 is 19.8 Å². The zero-order valence-corrected chi connectivity index (χ0v) is 18.9. The van der Waals surface area contributed by atoms with E-state index in [0.29, 0.717) is 34.1 Å². The van der Waals surface area contributed by atoms with Crippen molar-refractivity contribution in [2.75, 3.05) is 19.0 Å². The van der Waals surface area contributed by atoms with Crippen LogP contribution in [0.2, 0.25) is 0 Å². The fourth-order valence-corrected chi connectivity index (χ4v) is 3.40. The number of H-pyrrole nitrogens is 1. The number of hydrogen-bond acceptors (Lipinski definition) is 8. The van der Waals surface area contributed by atoms with E-state index >= 15 is 0 Å². The van der Waals surface area contributed by atoms with Gasteiger partial charge in [0.25, 0.3) is 0 Å². The van der Waals surface area contributed by atoms with Crippen LogP contribution >= 0.6 is 0 Å². The predicted octanol–water partition coefficient (Wildman–Crippen LogP) is 4.64. The molecule has 9 nitrogen and oxygen atoms in total. The molecule has 0 aliphatic carbocycles. The van der Waals surface area contributed by atoms with Crippen LogP contribution < -0.4 is 10.1 Å². The van der Waals surface area contributed by atoms with Crippen LogP contribution in [0.15, 0.2) is 54.9 Å². The van der Waals surface area contributed by atoms with Gasteiger partial charge in [0.05, 0.1) is 42.3 Å². The average molecular weight is 454 g/mol. The highest BCUT2D eigenvalue weighted by Crippen LogP contribution is 2.32. The van der Waals surface area contributed by atoms with Gasteiger partial charge in [-0.15, -0.1) is 0 Å². The molecule has 0 aliphatic heterocycles. The number of rotatable bonds is 7. The van der Waals surface area contributed by atoms with Gasteiger partial charge in [-0.2, -0.15) is 5.26 Å². The lowest BCUT2D eigenvalue weighted by molar-refractivity contribution is 0.0526. The highest BCUT2D eigenvalue weighted by atomic mass is 16.5. The van der Waals surface area contributed by atoms with Gasteiger partial charge in [-0.1, -0.05) is 12.1 Å². The lowest BCUT2D eigenvalue weighted by Gasteiger charge is -2.13. The lowest BCUT2D eigenvalue weighted by Crippen LogP contribution is -2.10. The number of anilines is 2. The average Bonchev–Trinajstić information content (AvgIpc) is 3.30. The maximum atomic E-state index is 12.5. The lowest BCUT2D eigenvalue weighted by atomic mass is 10.0. The summed E-state index contributed by atoms with van der Waals surface area (Å²) in [6, 6.07) is 14.5. The van der Waals surface area contributed by atoms with Crippen LogP contribution in [-0.4, -0.2) is 39.6 Å². The number of aromatic amines is 1. The molecule has 2 aromatic heterocycles. The molecule has 0 bridgehead atoms. The van der Waals surface area contributed by atoms with Crippen molar-refractivity contribution < 1.29 is 14.3 Å². The molecule has 0 aliphatic rings. The molecule has 0 saturated carbocycles. The Hall–Kier alpha value is -4.71. The van der Waals surface area contributed by atoms with E-state index in [4.69, 9.17) is 9.47 Å². The molecule has 0 unspecified atom stereocenters. The molecular weight excluding hydrogens is 432 g/mol. The number of hydrogen-bond donors (Lipinski definition) is 2. The van der Waals surface area contributed by atoms with Crippen LogP contribution in [0.5, 0.6) is 5.75 Å². The predicted molar refractivity (Wildman–Crippen MR) is 127 cm³/mol. The minimum atomic E-state index is -0.536. The minimum Gasteiger partial charge on any atom is -0.496 e. The fraction of sp³-hybridized carbons (Fsp3) is 0.160. The Morgan fingerprint density at radius 3 is 2.76 bits per heavy atom. The summed E-state index contributed by atoms with van der Waals surface area (Å²) < 4.78 is 10.7. The van der Waals surface area contributed by atoms with Gasteiger partial charge in [0.2, 0.25) is 5.95 Å². The van der Waals surface area contributed by atoms with Crippen LogP contribution in [-0.2, 0) is 4.74 Å². The number of benzene rings is 2. The number of nitrogens with one attached hydrogen (secondary N) is 2. The number of aromatic nitrogens is 4. The van der Waals surface area contributed by atoms with Gasteiger partial charge >= 0.3 is 5.97 Å². The van der Waals surface area contributed by atoms with E-state index in [0.717, 1.165) is 11.3 Å². The number of esters is 1. The molecule has 0 spiro atoms. The summed E-state index contributed by atoms with van der Waals surface area (Å²) in [4.78, 5) is 29.0. The molecule has 0 fully saturated rings. The Morgan fingerprint density at radius 2 is 2.06 bits per heavy atom. The monoisotopic (exact) mass is 454 g/mol. The maximum absolute atomic E-state index is 12.5. The van der Waals surface area contributed by atoms with Crippen molar-refractivity contribution in [3.8, 4) is 34.5 Å². The van der Waals surface area contributed by atoms with Crippen molar-refractivity contribution in [1.29, 1.82) is 5.26 Å². The smallest absolute Gasteiger partial charge is 0.341 e. The first kappa shape index (κ1) is 22.5. The van der Waals surface area contributed by atoms with Crippen molar-refractivity contribution in [2.24, 2.45) is 0 Å². The third-order valence-electron chi connectivity index (χ3n) is 4.97. The van der Waals surface area contributed by atoms with Crippen LogP contribution in [0.1, 0.15) is 28.5 Å². The van der Waals surface area contributed by atoms with E-state index in [2.05, 4.69) is 31.3 Å². The number of carbonyl (C=O) groups excluding carboxylic acids is 1. The minimum absolute atomic E-state index is 0.212. The molecule has 0 radical (unpaired) electrons. The number of nitrogens with zero attached hydrogens (tertiary/aromatic N) is 4. The van der Waals surface area contributed by atoms with Crippen molar-refractivity contribution >= 4 is 17.6 Å². The number of ether oxygens (including phenoxy) is 2. The van der Waals surface area contributed by atoms with Crippen molar-refractivity contribution in [1.82, 2.24) is 19.9 Å². The zero-order valence-electron chi connectivity index (χ0n) is 18.9. The second kappa shape index (κ2) is 9.83. The van der Waals surface area contributed by atoms with Gasteiger partial charge in [0, 0.05) is 29.7 Å². The molecule has 0 saturated heterocycles. The second-order valence-electron chi connectivity index (χ2n) is 7.30. The quantitative estimate of drug-likeness (QED) is 0.387. The van der Waals surface area contributed by atoms with Gasteiger partial charge in [-0.25, -0.2) is 19.7 Å². The fourth-order valence-electron chi connectivity index (χ4n) is 3.40. The topological polar surface area (TPSA) is 126 Å². The third-order valence-corrected chi connectivity index (χ3v) is 4.97. The Bertz CT molecular complexity index is 1390. The van der Waals surface area contributed by atoms with E-state index in [1.54, 1.807) is 38.3 Å². The number of imidazole rings is 1. The first-order valence-electron chi connectivity index (χ1n) is 10.5. The van der Waals surface area contributed by atoms with Crippen LogP contribution in [0.25, 0.3) is 22.6 Å². The van der Waals surface area contributed by atoms with E-state index in [1.165, 1.54) is 6.20 Å². The standard InChI is InChI=1S/C25H22N6O3/c1-4-34-24(32)20-14-28-25(31-22(20)17-7-5-6-16(10-17)12-26)30-18-8-9-19(21(11-18)33-3)23-27-13-15(2)29-23/h5-11,13-14H,4H2,1-3H3,(H,27,29)(H,28,30,31). The molecule has 4 aromatic rings. The molecule has 170 valence electrons. The summed E-state index contributed by atoms with van der Waals surface area (Å²) in [5.41, 5.74) is 4.01. The molecule has 4 rings (SSSR count). The first-order chi connectivity index (χ1) is 16.5. The van der Waals surface area contributed by atoms with E-state index in [9.17, 15) is 10.1 Å². The molecule has 9 heteroatoms. The van der Waals surface area contributed by atoms with Crippen LogP contribution in [0.4, 0.5) is 11.6 Å². The number of nitriles is 1. The normalized spacial score (nSPS) is 10.4. The Balaban J connectivity index is 1.71. The van der Waals surface area contributed by atoms with Gasteiger partial charge in [0.15, 0.2) is 0 Å². The highest BCUT2D eigenvalue weighted by molar-refractivity contribution is 5.96. The highest BCUT2D eigenvalue weighted by Gasteiger charge is 2.18. The molecule has 0 atom stereocenters. The molecule has 2 heterocycles. The van der Waals surface area contributed by atoms with Crippen molar-refractivity contribution in [3.63, 3.8) is 0 Å². The Morgan fingerprint density at radius 1 is 1.21 bits per heavy atom. The Kier molecular flexibility index (Phi) is 6.50. The number of methoxy groups -OCH3 is 1. The summed E-state index contributed by atoms with van der Waals surface area (Å²) in [5.74, 6) is 1.06. The summed E-state index contributed by atoms with van der Waals surface area (Å²) in [6.45, 7) is 3.85. The summed E-state index contributed by atoms with van der Waals surface area (Å²) in [6.07, 6.45) is 3.24. The summed E-state index contributed by atoms with van der Waals surface area (Å²) >= 11 is 0. The zero-order chi connectivity index (χ0) is 24.1. The first-order valence-corrected chi connectivity index (χ1v) is 10.5. The van der Waals surface area contributed by atoms with Gasteiger partial charge in [-0.3, -0.25) is 0 Å². The Labute approximate surface area is 196 Å². The SMILES string of the molecule is CCOC(=O)c1cnc(Nc2ccc(-c3nc(C)c[nH]3)c(OC)c2)nc1-c1cccc(C#N)c1. The molecule has 0 amide bonds. The van der Waals surface area contributed by atoms with E-state index < -0.39 is 5.97 Å². The summed E-state index contributed by atoms with van der Waals surface area (Å²) in [5, 5.41) is 12.4. The summed E-state index contributed by atoms with van der Waals surface area (Å²) in [7, 11) is 1.59. The number of aryl methyl sites for hydroxylation is 1. The molecule has 34 heavy (non-hydrogen) atoms. The third kappa shape index (κ3) is 4.71. The van der Waals surface area contributed by atoms with Gasteiger partial charge in [-0.05, 0) is 38.1 Å².